The van der Waals surface area contributed by atoms with Gasteiger partial charge in [-0.1, -0.05) is 40.0 Å². The standard InChI is InChI=1S/C11H15N3.C10H14N4.C10H16N2.C10H15NO.C9H12N4O.C7H8N4O.C7H11N3O.C3H8/c1-7(2)14-6-5-10-8(3)12-9(4)13-11(10)14;1-6(2)14-5-11-9-7(3)12-8(4)13-10(9)14;1-7(2)12-6-8(3)9(4)11-10(12)5;1-7(2)11-6-8(3)10(12)5-9(11)4;1-5(2)13-4-10-7-8(13)11-6(3)12-9(7)14;1-4-9-6-5(7(12)10-4)8-3-11(6)2;1-5(2)10-4-8-7(9-10)6(3)11;1-3-2/h5-7H,1-4H3;5-6H,1-4H3;6-7H,5H2,1-4H3;6-7H,4-5H2,1-3H3;4-5H,1-3H3,(H,11,12,14);3,9H,1H2,2H3,(H,10,12);4-5H,1-3H3;3H2,1-2H3. The number of ketones is 2. The van der Waals surface area contributed by atoms with Crippen molar-refractivity contribution < 1.29 is 14.4 Å². The number of nitrogens with one attached hydrogen (secondary N) is 3. The predicted molar refractivity (Wildman–Crippen MR) is 368 cm³/mol. The fourth-order valence-electron chi connectivity index (χ4n) is 8.99. The third kappa shape index (κ3) is 20.0. The number of anilines is 1. The van der Waals surface area contributed by atoms with E-state index in [-0.39, 0.29) is 35.1 Å². The van der Waals surface area contributed by atoms with E-state index in [0.717, 1.165) is 68.0 Å². The summed E-state index contributed by atoms with van der Waals surface area (Å²) in [6.07, 6.45) is 14.4. The number of hydrogen-bond donors (Lipinski definition) is 3. The van der Waals surface area contributed by atoms with E-state index < -0.39 is 0 Å². The molecule has 0 spiro atoms. The molecule has 0 radical (unpaired) electrons. The topological polar surface area (TPSA) is 281 Å². The van der Waals surface area contributed by atoms with Crippen molar-refractivity contribution >= 4 is 62.4 Å². The summed E-state index contributed by atoms with van der Waals surface area (Å²) in [5, 5.41) is 10.6. The molecule has 11 rings (SSSR count). The summed E-state index contributed by atoms with van der Waals surface area (Å²) in [6, 6.07) is 4.26. The van der Waals surface area contributed by atoms with Crippen LogP contribution in [0, 0.1) is 34.6 Å². The number of carbonyl (C=O) groups excluding carboxylic acids is 3. The smallest absolute Gasteiger partial charge is 0.279 e. The van der Waals surface area contributed by atoms with Crippen molar-refractivity contribution in [2.75, 3.05) is 5.32 Å². The molecular weight excluding hydrogens is 1160 g/mol. The zero-order valence-electron chi connectivity index (χ0n) is 58.8. The molecule has 496 valence electrons. The van der Waals surface area contributed by atoms with Crippen LogP contribution < -0.4 is 16.2 Å². The molecular formula is C67H99N21O4. The largest absolute Gasteiger partial charge is 0.349 e. The van der Waals surface area contributed by atoms with E-state index in [0.29, 0.717) is 70.7 Å². The van der Waals surface area contributed by atoms with Crippen LogP contribution in [0.5, 0.6) is 0 Å². The van der Waals surface area contributed by atoms with Crippen molar-refractivity contribution in [1.82, 2.24) is 93.0 Å². The van der Waals surface area contributed by atoms with E-state index in [4.69, 9.17) is 0 Å². The average molecular weight is 1260 g/mol. The van der Waals surface area contributed by atoms with E-state index in [1.54, 1.807) is 35.2 Å². The highest BCUT2D eigenvalue weighted by atomic mass is 16.2. The highest BCUT2D eigenvalue weighted by Crippen LogP contribution is 2.24. The molecule has 0 saturated heterocycles. The fourth-order valence-corrected chi connectivity index (χ4v) is 8.99. The molecule has 0 bridgehead atoms. The Kier molecular flexibility index (Phi) is 27.3. The van der Waals surface area contributed by atoms with Gasteiger partial charge in [0.15, 0.2) is 34.1 Å². The second kappa shape index (κ2) is 33.5. The normalized spacial score (nSPS) is 13.5. The molecule has 0 unspecified atom stereocenters. The van der Waals surface area contributed by atoms with Crippen LogP contribution in [0.3, 0.4) is 0 Å². The zero-order valence-corrected chi connectivity index (χ0v) is 58.8. The van der Waals surface area contributed by atoms with Crippen LogP contribution in [0.15, 0.2) is 108 Å². The summed E-state index contributed by atoms with van der Waals surface area (Å²) in [7, 11) is 1.81. The monoisotopic (exact) mass is 1260 g/mol. The maximum Gasteiger partial charge on any atom is 0.279 e. The summed E-state index contributed by atoms with van der Waals surface area (Å²) in [6.45, 7) is 57.6. The number of amides is 1. The summed E-state index contributed by atoms with van der Waals surface area (Å²) in [4.78, 5) is 93.6. The Balaban J connectivity index is 0.000000228. The molecule has 3 aliphatic rings. The SMILES string of the molecule is C=C1CC(=O)C(C)=CN1C(C)C.C=C1N=C(C)C(C)=CN1C(C)C.C=C1NC(=O)c2ncn(C)c2N1.CC(=O)c1ncn(C(C)C)n1.CCC.Cc1nc(C)c2ccn(C(C)C)c2n1.Cc1nc(C)c2ncn(C(C)C)c2n1.Cc1nc2c(ncn2C(C)C)c(=O)[nH]1. The highest BCUT2D eigenvalue weighted by Gasteiger charge is 2.23. The van der Waals surface area contributed by atoms with E-state index in [2.05, 4.69) is 204 Å². The van der Waals surface area contributed by atoms with Crippen molar-refractivity contribution in [3.05, 3.63) is 149 Å². The summed E-state index contributed by atoms with van der Waals surface area (Å²) >= 11 is 0. The number of H-pyrrole nitrogens is 1. The number of aliphatic imine (C=N–C) groups is 1. The van der Waals surface area contributed by atoms with Crippen molar-refractivity contribution in [3.8, 4) is 0 Å². The van der Waals surface area contributed by atoms with Gasteiger partial charge < -0.3 is 43.7 Å². The molecule has 8 aromatic rings. The maximum absolute atomic E-state index is 11.5. The molecule has 0 aliphatic carbocycles. The number of aromatic nitrogens is 16. The van der Waals surface area contributed by atoms with Gasteiger partial charge in [0.2, 0.25) is 5.82 Å². The Morgan fingerprint density at radius 2 is 1.13 bits per heavy atom. The van der Waals surface area contributed by atoms with Crippen LogP contribution in [-0.4, -0.2) is 123 Å². The highest BCUT2D eigenvalue weighted by molar-refractivity contribution is 6.01. The molecule has 25 nitrogen and oxygen atoms in total. The Morgan fingerprint density at radius 1 is 0.598 bits per heavy atom. The summed E-state index contributed by atoms with van der Waals surface area (Å²) < 4.78 is 9.53. The molecule has 0 fully saturated rings. The minimum atomic E-state index is -0.214. The van der Waals surface area contributed by atoms with Gasteiger partial charge in [0.05, 0.1) is 36.8 Å². The van der Waals surface area contributed by atoms with E-state index in [1.165, 1.54) is 18.9 Å². The Morgan fingerprint density at radius 3 is 1.65 bits per heavy atom. The number of carbonyl (C=O) groups is 3. The summed E-state index contributed by atoms with van der Waals surface area (Å²) in [5.41, 5.74) is 10.2. The van der Waals surface area contributed by atoms with Gasteiger partial charge in [-0.3, -0.25) is 19.2 Å². The Labute approximate surface area is 542 Å². The minimum absolute atomic E-state index is 0.0931. The van der Waals surface area contributed by atoms with Crippen LogP contribution in [0.1, 0.15) is 212 Å². The molecule has 0 aromatic carbocycles. The lowest BCUT2D eigenvalue weighted by atomic mass is 10.0. The van der Waals surface area contributed by atoms with E-state index >= 15 is 0 Å². The van der Waals surface area contributed by atoms with Gasteiger partial charge in [0, 0.05) is 91.2 Å². The third-order valence-corrected chi connectivity index (χ3v) is 14.0. The minimum Gasteiger partial charge on any atom is -0.349 e. The summed E-state index contributed by atoms with van der Waals surface area (Å²) in [5.74, 6) is 4.44. The van der Waals surface area contributed by atoms with Crippen LogP contribution >= 0.6 is 0 Å². The third-order valence-electron chi connectivity index (χ3n) is 14.0. The van der Waals surface area contributed by atoms with E-state index in [1.807, 2.05) is 93.4 Å². The number of rotatable bonds is 7. The van der Waals surface area contributed by atoms with Crippen molar-refractivity contribution in [3.63, 3.8) is 0 Å². The van der Waals surface area contributed by atoms with Gasteiger partial charge >= 0.3 is 0 Å². The number of fused-ring (bicyclic) bond motifs is 4. The molecule has 0 atom stereocenters. The average Bonchev–Trinajstić information content (AvgIpc) is 1.69. The van der Waals surface area contributed by atoms with Gasteiger partial charge in [-0.25, -0.2) is 54.5 Å². The van der Waals surface area contributed by atoms with Gasteiger partial charge in [0.1, 0.15) is 52.4 Å². The quantitative estimate of drug-likeness (QED) is 0.125. The Bertz CT molecular complexity index is 3960. The number of Topliss-reactive ketones (excluding diaryl/α,β-unsaturated/α-hetero) is 2. The second-order valence-electron chi connectivity index (χ2n) is 24.2. The van der Waals surface area contributed by atoms with Crippen LogP contribution in [0.25, 0.3) is 33.4 Å². The number of aryl methyl sites for hydroxylation is 6. The number of allylic oxidation sites excluding steroid dienone is 3. The molecule has 1 amide bonds. The molecule has 92 heavy (non-hydrogen) atoms. The first-order valence-electron chi connectivity index (χ1n) is 31.1. The van der Waals surface area contributed by atoms with Crippen molar-refractivity contribution in [1.29, 1.82) is 0 Å². The van der Waals surface area contributed by atoms with Gasteiger partial charge in [-0.15, -0.1) is 5.10 Å². The molecule has 8 aromatic heterocycles. The molecule has 3 aliphatic heterocycles. The number of aromatic amines is 1. The molecule has 0 saturated carbocycles. The van der Waals surface area contributed by atoms with E-state index in [9.17, 15) is 19.2 Å². The van der Waals surface area contributed by atoms with Crippen molar-refractivity contribution in [2.24, 2.45) is 12.0 Å². The fraction of sp³-hybridized carbons (Fsp3) is 0.478. The van der Waals surface area contributed by atoms with Crippen LogP contribution in [-0.2, 0) is 11.8 Å². The van der Waals surface area contributed by atoms with Crippen LogP contribution in [0.4, 0.5) is 5.82 Å². The molecule has 11 heterocycles. The predicted octanol–water partition coefficient (Wildman–Crippen LogP) is 12.8. The second-order valence-corrected chi connectivity index (χ2v) is 24.2. The number of nitrogens with zero attached hydrogens (tertiary/aromatic N) is 18. The van der Waals surface area contributed by atoms with Gasteiger partial charge in [0.25, 0.3) is 11.5 Å². The van der Waals surface area contributed by atoms with Gasteiger partial charge in [-0.05, 0) is 150 Å². The first kappa shape index (κ1) is 74.9. The number of imidazole rings is 3. The molecule has 25 heteroatoms. The maximum atomic E-state index is 11.5. The lowest BCUT2D eigenvalue weighted by Crippen LogP contribution is -2.32. The number of hydrogen-bond acceptors (Lipinski definition) is 18. The Hall–Kier alpha value is -9.55. The van der Waals surface area contributed by atoms with Gasteiger partial charge in [-0.2, -0.15) is 0 Å². The molecule has 3 N–H and O–H groups in total. The first-order valence-corrected chi connectivity index (χ1v) is 31.1. The zero-order chi connectivity index (χ0) is 69.3. The van der Waals surface area contributed by atoms with Crippen molar-refractivity contribution in [2.45, 2.75) is 208 Å². The first-order chi connectivity index (χ1) is 43.0. The van der Waals surface area contributed by atoms with Crippen LogP contribution in [0.2, 0.25) is 0 Å². The lowest BCUT2D eigenvalue weighted by molar-refractivity contribution is -0.115. The lowest BCUT2D eigenvalue weighted by Gasteiger charge is -2.30.